The second-order valence-electron chi connectivity index (χ2n) is 4.66. The van der Waals surface area contributed by atoms with E-state index in [1.807, 2.05) is 24.3 Å². The topological polar surface area (TPSA) is 47.9 Å². The number of rotatable bonds is 3. The van der Waals surface area contributed by atoms with Crippen molar-refractivity contribution in [1.82, 2.24) is 0 Å². The maximum absolute atomic E-state index is 11.9. The molecule has 1 heterocycles. The lowest BCUT2D eigenvalue weighted by Crippen LogP contribution is -2.06. The number of carbonyl (C=O) groups is 1. The van der Waals surface area contributed by atoms with E-state index in [1.165, 1.54) is 0 Å². The molecular weight excluding hydrogens is 302 g/mol. The number of nitrogens with zero attached hydrogens (tertiary/aromatic N) is 1. The van der Waals surface area contributed by atoms with Gasteiger partial charge in [-0.1, -0.05) is 41.0 Å². The first-order valence-electron chi connectivity index (χ1n) is 6.59. The molecule has 1 aliphatic heterocycles. The van der Waals surface area contributed by atoms with Crippen LogP contribution < -0.4 is 4.74 Å². The minimum absolute atomic E-state index is 0.410. The molecule has 0 atom stereocenters. The first-order chi connectivity index (χ1) is 10.7. The molecule has 5 heteroatoms. The quantitative estimate of drug-likeness (QED) is 0.641. The number of halogens is 1. The number of hydrogen-bond donors (Lipinski definition) is 0. The normalized spacial score (nSPS) is 15.6. The Morgan fingerprint density at radius 2 is 1.77 bits per heavy atom. The zero-order chi connectivity index (χ0) is 15.5. The third-order valence-electron chi connectivity index (χ3n) is 3.24. The highest BCUT2D eigenvalue weighted by atomic mass is 35.5. The summed E-state index contributed by atoms with van der Waals surface area (Å²) in [6, 6.07) is 14.4. The van der Waals surface area contributed by atoms with Crippen LogP contribution in [0.2, 0.25) is 5.02 Å². The lowest BCUT2D eigenvalue weighted by Gasteiger charge is -2.02. The molecule has 2 aromatic rings. The summed E-state index contributed by atoms with van der Waals surface area (Å²) in [5.41, 5.74) is 2.54. The van der Waals surface area contributed by atoms with Gasteiger partial charge >= 0.3 is 5.97 Å². The number of methoxy groups -OCH3 is 1. The van der Waals surface area contributed by atoms with E-state index in [2.05, 4.69) is 5.16 Å². The van der Waals surface area contributed by atoms with Gasteiger partial charge in [-0.05, 0) is 35.9 Å². The number of ether oxygens (including phenoxy) is 1. The van der Waals surface area contributed by atoms with Gasteiger partial charge in [0.25, 0.3) is 0 Å². The van der Waals surface area contributed by atoms with Gasteiger partial charge in [0.05, 0.1) is 12.7 Å². The fourth-order valence-corrected chi connectivity index (χ4v) is 2.22. The maximum atomic E-state index is 11.9. The minimum Gasteiger partial charge on any atom is -0.497 e. The highest BCUT2D eigenvalue weighted by Crippen LogP contribution is 2.22. The average Bonchev–Trinajstić information content (AvgIpc) is 2.90. The van der Waals surface area contributed by atoms with Crippen molar-refractivity contribution in [2.75, 3.05) is 7.11 Å². The van der Waals surface area contributed by atoms with Gasteiger partial charge in [-0.2, -0.15) is 0 Å². The lowest BCUT2D eigenvalue weighted by atomic mass is 10.0. The molecule has 22 heavy (non-hydrogen) atoms. The Morgan fingerprint density at radius 1 is 1.09 bits per heavy atom. The smallest absolute Gasteiger partial charge is 0.368 e. The van der Waals surface area contributed by atoms with Gasteiger partial charge in [0.1, 0.15) is 11.5 Å². The Hall–Kier alpha value is -2.59. The summed E-state index contributed by atoms with van der Waals surface area (Å²) in [4.78, 5) is 16.7. The molecule has 0 aliphatic carbocycles. The second kappa shape index (κ2) is 6.03. The van der Waals surface area contributed by atoms with Crippen molar-refractivity contribution in [2.24, 2.45) is 5.16 Å². The molecule has 4 nitrogen and oxygen atoms in total. The molecule has 110 valence electrons. The molecule has 0 aromatic heterocycles. The first kappa shape index (κ1) is 14.4. The summed E-state index contributed by atoms with van der Waals surface area (Å²) in [5.74, 6) is 0.281. The van der Waals surface area contributed by atoms with Crippen molar-refractivity contribution in [3.63, 3.8) is 0 Å². The van der Waals surface area contributed by atoms with Gasteiger partial charge in [-0.15, -0.1) is 0 Å². The van der Waals surface area contributed by atoms with E-state index in [0.717, 1.165) is 16.9 Å². The summed E-state index contributed by atoms with van der Waals surface area (Å²) in [6.07, 6.45) is 1.74. The zero-order valence-corrected chi connectivity index (χ0v) is 12.5. The zero-order valence-electron chi connectivity index (χ0n) is 11.7. The molecule has 0 radical (unpaired) electrons. The van der Waals surface area contributed by atoms with Crippen molar-refractivity contribution in [2.45, 2.75) is 0 Å². The van der Waals surface area contributed by atoms with Crippen molar-refractivity contribution in [3.05, 3.63) is 70.3 Å². The van der Waals surface area contributed by atoms with E-state index < -0.39 is 5.97 Å². The average molecular weight is 314 g/mol. The highest BCUT2D eigenvalue weighted by Gasteiger charge is 2.26. The van der Waals surface area contributed by atoms with Crippen LogP contribution in [0.3, 0.4) is 0 Å². The maximum Gasteiger partial charge on any atom is 0.368 e. The SMILES string of the molecule is COc1ccc(/C=C2/C(=O)ON=C2c2ccc(Cl)cc2)cc1. The van der Waals surface area contributed by atoms with Crippen molar-refractivity contribution < 1.29 is 14.4 Å². The molecule has 0 amide bonds. The van der Waals surface area contributed by atoms with Gasteiger partial charge in [-0.25, -0.2) is 4.79 Å². The molecular formula is C17H12ClNO3. The van der Waals surface area contributed by atoms with Crippen molar-refractivity contribution in [3.8, 4) is 5.75 Å². The van der Waals surface area contributed by atoms with Gasteiger partial charge in [0.15, 0.2) is 0 Å². The number of oxime groups is 1. The molecule has 0 spiro atoms. The van der Waals surface area contributed by atoms with Crippen LogP contribution in [0.15, 0.2) is 59.3 Å². The van der Waals surface area contributed by atoms with Crippen LogP contribution in [-0.4, -0.2) is 18.8 Å². The molecule has 0 bridgehead atoms. The highest BCUT2D eigenvalue weighted by molar-refractivity contribution is 6.32. The Balaban J connectivity index is 1.95. The molecule has 3 rings (SSSR count). The van der Waals surface area contributed by atoms with Gasteiger partial charge in [0, 0.05) is 10.6 Å². The third kappa shape index (κ3) is 2.87. The van der Waals surface area contributed by atoms with E-state index in [0.29, 0.717) is 16.3 Å². The Labute approximate surface area is 132 Å². The number of benzene rings is 2. The molecule has 0 N–H and O–H groups in total. The standard InChI is InChI=1S/C17H12ClNO3/c1-21-14-8-2-11(3-9-14)10-15-16(19-22-17(15)20)12-4-6-13(18)7-5-12/h2-10H,1H3/b15-10+. The summed E-state index contributed by atoms with van der Waals surface area (Å²) < 4.78 is 5.11. The Kier molecular flexibility index (Phi) is 3.94. The van der Waals surface area contributed by atoms with Crippen LogP contribution in [0, 0.1) is 0 Å². The molecule has 1 aliphatic rings. The van der Waals surface area contributed by atoms with Gasteiger partial charge < -0.3 is 9.57 Å². The molecule has 0 saturated carbocycles. The molecule has 0 fully saturated rings. The number of hydrogen-bond acceptors (Lipinski definition) is 4. The number of carbonyl (C=O) groups excluding carboxylic acids is 1. The van der Waals surface area contributed by atoms with E-state index >= 15 is 0 Å². The summed E-state index contributed by atoms with van der Waals surface area (Å²) >= 11 is 5.88. The fraction of sp³-hybridized carbons (Fsp3) is 0.0588. The van der Waals surface area contributed by atoms with Crippen LogP contribution in [-0.2, 0) is 9.63 Å². The molecule has 0 unspecified atom stereocenters. The largest absolute Gasteiger partial charge is 0.497 e. The van der Waals surface area contributed by atoms with Gasteiger partial charge in [0.2, 0.25) is 0 Å². The lowest BCUT2D eigenvalue weighted by molar-refractivity contribution is -0.136. The van der Waals surface area contributed by atoms with Crippen LogP contribution in [0.5, 0.6) is 5.75 Å². The van der Waals surface area contributed by atoms with E-state index in [9.17, 15) is 4.79 Å². The third-order valence-corrected chi connectivity index (χ3v) is 3.49. The molecule has 0 saturated heterocycles. The van der Waals surface area contributed by atoms with Gasteiger partial charge in [-0.3, -0.25) is 0 Å². The van der Waals surface area contributed by atoms with Crippen LogP contribution in [0.4, 0.5) is 0 Å². The fourth-order valence-electron chi connectivity index (χ4n) is 2.09. The predicted octanol–water partition coefficient (Wildman–Crippen LogP) is 3.69. The van der Waals surface area contributed by atoms with Crippen LogP contribution in [0.1, 0.15) is 11.1 Å². The van der Waals surface area contributed by atoms with Crippen molar-refractivity contribution in [1.29, 1.82) is 0 Å². The van der Waals surface area contributed by atoms with Crippen LogP contribution >= 0.6 is 11.6 Å². The van der Waals surface area contributed by atoms with E-state index in [1.54, 1.807) is 37.5 Å². The minimum atomic E-state index is -0.472. The van der Waals surface area contributed by atoms with E-state index in [-0.39, 0.29) is 0 Å². The Bertz CT molecular complexity index is 761. The molecule has 2 aromatic carbocycles. The van der Waals surface area contributed by atoms with E-state index in [4.69, 9.17) is 21.2 Å². The summed E-state index contributed by atoms with van der Waals surface area (Å²) in [5, 5.41) is 4.48. The summed E-state index contributed by atoms with van der Waals surface area (Å²) in [6.45, 7) is 0. The first-order valence-corrected chi connectivity index (χ1v) is 6.96. The van der Waals surface area contributed by atoms with Crippen molar-refractivity contribution >= 4 is 29.4 Å². The summed E-state index contributed by atoms with van der Waals surface area (Å²) in [7, 11) is 1.60. The monoisotopic (exact) mass is 313 g/mol. The van der Waals surface area contributed by atoms with Crippen LogP contribution in [0.25, 0.3) is 6.08 Å². The predicted molar refractivity (Wildman–Crippen MR) is 85.1 cm³/mol. The Morgan fingerprint density at radius 3 is 2.41 bits per heavy atom. The second-order valence-corrected chi connectivity index (χ2v) is 5.09.